The van der Waals surface area contributed by atoms with Crippen molar-refractivity contribution in [3.05, 3.63) is 41.2 Å². The van der Waals surface area contributed by atoms with Gasteiger partial charge in [-0.2, -0.15) is 0 Å². The van der Waals surface area contributed by atoms with E-state index >= 15 is 0 Å². The van der Waals surface area contributed by atoms with Crippen LogP contribution in [0.3, 0.4) is 0 Å². The number of nitrogens with zero attached hydrogens (tertiary/aromatic N) is 2. The fourth-order valence-corrected chi connectivity index (χ4v) is 3.48. The van der Waals surface area contributed by atoms with Crippen LogP contribution in [0.2, 0.25) is 5.15 Å². The summed E-state index contributed by atoms with van der Waals surface area (Å²) in [6.45, 7) is 1.73. The maximum absolute atomic E-state index is 12.5. The highest BCUT2D eigenvalue weighted by Gasteiger charge is 2.29. The van der Waals surface area contributed by atoms with E-state index in [1.165, 1.54) is 6.33 Å². The molecule has 0 saturated heterocycles. The Kier molecular flexibility index (Phi) is 6.41. The van der Waals surface area contributed by atoms with Gasteiger partial charge < -0.3 is 15.6 Å². The van der Waals surface area contributed by atoms with Gasteiger partial charge >= 0.3 is 0 Å². The molecule has 9 heteroatoms. The zero-order chi connectivity index (χ0) is 20.1. The monoisotopic (exact) mass is 403 g/mol. The highest BCUT2D eigenvalue weighted by atomic mass is 35.5. The SMILES string of the molecule is CCC(=O)c1nc[nH]c1C(=O)NC1CCC(C(=O)Nc2cccnc2Cl)CC1. The third-order valence-corrected chi connectivity index (χ3v) is 5.20. The molecule has 148 valence electrons. The molecule has 28 heavy (non-hydrogen) atoms. The van der Waals surface area contributed by atoms with E-state index < -0.39 is 0 Å². The lowest BCUT2D eigenvalue weighted by molar-refractivity contribution is -0.120. The van der Waals surface area contributed by atoms with E-state index in [0.29, 0.717) is 31.4 Å². The molecule has 2 heterocycles. The molecular weight excluding hydrogens is 382 g/mol. The first-order valence-electron chi connectivity index (χ1n) is 9.28. The molecule has 2 aromatic rings. The molecule has 1 aliphatic rings. The van der Waals surface area contributed by atoms with Gasteiger partial charge in [0.2, 0.25) is 5.91 Å². The van der Waals surface area contributed by atoms with Gasteiger partial charge in [-0.1, -0.05) is 18.5 Å². The van der Waals surface area contributed by atoms with E-state index in [4.69, 9.17) is 11.6 Å². The van der Waals surface area contributed by atoms with Crippen molar-refractivity contribution in [3.63, 3.8) is 0 Å². The molecule has 0 aromatic carbocycles. The molecule has 2 aromatic heterocycles. The van der Waals surface area contributed by atoms with Crippen LogP contribution in [0.4, 0.5) is 5.69 Å². The Morgan fingerprint density at radius 2 is 1.96 bits per heavy atom. The molecule has 0 bridgehead atoms. The summed E-state index contributed by atoms with van der Waals surface area (Å²) >= 11 is 5.98. The summed E-state index contributed by atoms with van der Waals surface area (Å²) in [7, 11) is 0. The van der Waals surface area contributed by atoms with Crippen molar-refractivity contribution in [1.82, 2.24) is 20.3 Å². The van der Waals surface area contributed by atoms with E-state index in [-0.39, 0.29) is 52.5 Å². The minimum atomic E-state index is -0.343. The highest BCUT2D eigenvalue weighted by molar-refractivity contribution is 6.32. The summed E-state index contributed by atoms with van der Waals surface area (Å²) in [4.78, 5) is 47.4. The first-order valence-corrected chi connectivity index (χ1v) is 9.66. The van der Waals surface area contributed by atoms with Crippen molar-refractivity contribution in [3.8, 4) is 0 Å². The van der Waals surface area contributed by atoms with Crippen LogP contribution in [-0.2, 0) is 4.79 Å². The number of H-pyrrole nitrogens is 1. The molecule has 1 aliphatic carbocycles. The standard InChI is InChI=1S/C19H22ClN5O3/c1-2-14(26)15-16(23-10-22-15)19(28)24-12-7-5-11(6-8-12)18(27)25-13-4-3-9-21-17(13)20/h3-4,9-12H,2,5-8H2,1H3,(H,22,23)(H,24,28)(H,25,27). The van der Waals surface area contributed by atoms with E-state index in [2.05, 4.69) is 25.6 Å². The van der Waals surface area contributed by atoms with Gasteiger partial charge in [-0.15, -0.1) is 0 Å². The van der Waals surface area contributed by atoms with Crippen molar-refractivity contribution in [1.29, 1.82) is 0 Å². The molecular formula is C19H22ClN5O3. The average Bonchev–Trinajstić information content (AvgIpc) is 3.19. The van der Waals surface area contributed by atoms with Gasteiger partial charge in [0.25, 0.3) is 5.91 Å². The number of rotatable bonds is 6. The number of hydrogen-bond acceptors (Lipinski definition) is 5. The predicted octanol–water partition coefficient (Wildman–Crippen LogP) is 2.98. The Labute approximate surface area is 167 Å². The van der Waals surface area contributed by atoms with Crippen molar-refractivity contribution < 1.29 is 14.4 Å². The topological polar surface area (TPSA) is 117 Å². The number of Topliss-reactive ketones (excluding diaryl/α,β-unsaturated/α-hetero) is 1. The summed E-state index contributed by atoms with van der Waals surface area (Å²) in [6, 6.07) is 3.37. The lowest BCUT2D eigenvalue weighted by Gasteiger charge is -2.28. The van der Waals surface area contributed by atoms with Crippen LogP contribution in [0.5, 0.6) is 0 Å². The second-order valence-electron chi connectivity index (χ2n) is 6.76. The number of aromatic amines is 1. The van der Waals surface area contributed by atoms with Crippen molar-refractivity contribution >= 4 is 34.9 Å². The number of halogens is 1. The molecule has 8 nitrogen and oxygen atoms in total. The van der Waals surface area contributed by atoms with Crippen LogP contribution in [0.25, 0.3) is 0 Å². The maximum Gasteiger partial charge on any atom is 0.270 e. The second-order valence-corrected chi connectivity index (χ2v) is 7.11. The van der Waals surface area contributed by atoms with Gasteiger partial charge in [0.05, 0.1) is 12.0 Å². The lowest BCUT2D eigenvalue weighted by Crippen LogP contribution is -2.40. The predicted molar refractivity (Wildman–Crippen MR) is 104 cm³/mol. The first-order chi connectivity index (χ1) is 13.5. The number of pyridine rings is 1. The molecule has 0 spiro atoms. The maximum atomic E-state index is 12.5. The van der Waals surface area contributed by atoms with Crippen LogP contribution in [0, 0.1) is 5.92 Å². The van der Waals surface area contributed by atoms with Gasteiger partial charge in [0, 0.05) is 24.6 Å². The minimum Gasteiger partial charge on any atom is -0.348 e. The summed E-state index contributed by atoms with van der Waals surface area (Å²) in [5, 5.41) is 6.00. The summed E-state index contributed by atoms with van der Waals surface area (Å²) in [5.74, 6) is -0.761. The molecule has 0 atom stereocenters. The van der Waals surface area contributed by atoms with Crippen LogP contribution < -0.4 is 10.6 Å². The number of nitrogens with one attached hydrogen (secondary N) is 3. The number of amides is 2. The molecule has 2 amide bonds. The molecule has 0 radical (unpaired) electrons. The van der Waals surface area contributed by atoms with E-state index in [0.717, 1.165) is 0 Å². The summed E-state index contributed by atoms with van der Waals surface area (Å²) in [6.07, 6.45) is 5.85. The fourth-order valence-electron chi connectivity index (χ4n) is 3.32. The Morgan fingerprint density at radius 3 is 2.64 bits per heavy atom. The number of carbonyl (C=O) groups excluding carboxylic acids is 3. The molecule has 3 rings (SSSR count). The number of carbonyl (C=O) groups is 3. The quantitative estimate of drug-likeness (QED) is 0.506. The normalized spacial score (nSPS) is 19.1. The number of anilines is 1. The third-order valence-electron chi connectivity index (χ3n) is 4.90. The van der Waals surface area contributed by atoms with Crippen molar-refractivity contribution in [2.45, 2.75) is 45.1 Å². The van der Waals surface area contributed by atoms with E-state index in [1.54, 1.807) is 25.3 Å². The Bertz CT molecular complexity index is 874. The van der Waals surface area contributed by atoms with Crippen LogP contribution in [0.1, 0.15) is 60.0 Å². The Morgan fingerprint density at radius 1 is 1.21 bits per heavy atom. The minimum absolute atomic E-state index is 0.0496. The van der Waals surface area contributed by atoms with Crippen LogP contribution in [0.15, 0.2) is 24.7 Å². The zero-order valence-electron chi connectivity index (χ0n) is 15.5. The molecule has 3 N–H and O–H groups in total. The number of hydrogen-bond donors (Lipinski definition) is 3. The Balaban J connectivity index is 1.52. The smallest absolute Gasteiger partial charge is 0.270 e. The van der Waals surface area contributed by atoms with Gasteiger partial charge in [-0.25, -0.2) is 9.97 Å². The van der Waals surface area contributed by atoms with Crippen molar-refractivity contribution in [2.75, 3.05) is 5.32 Å². The molecule has 1 saturated carbocycles. The number of aromatic nitrogens is 3. The molecule has 1 fully saturated rings. The van der Waals surface area contributed by atoms with Gasteiger partial charge in [0.1, 0.15) is 11.4 Å². The van der Waals surface area contributed by atoms with Gasteiger partial charge in [-0.3, -0.25) is 14.4 Å². The van der Waals surface area contributed by atoms with Crippen LogP contribution >= 0.6 is 11.6 Å². The van der Waals surface area contributed by atoms with Crippen LogP contribution in [-0.4, -0.2) is 38.6 Å². The van der Waals surface area contributed by atoms with E-state index in [1.807, 2.05) is 0 Å². The average molecular weight is 404 g/mol. The Hall–Kier alpha value is -2.74. The third kappa shape index (κ3) is 4.56. The molecule has 0 aliphatic heterocycles. The first kappa shape index (κ1) is 20.0. The number of ketones is 1. The summed E-state index contributed by atoms with van der Waals surface area (Å²) in [5.41, 5.74) is 0.858. The summed E-state index contributed by atoms with van der Waals surface area (Å²) < 4.78 is 0. The van der Waals surface area contributed by atoms with Gasteiger partial charge in [0.15, 0.2) is 10.9 Å². The van der Waals surface area contributed by atoms with Crippen molar-refractivity contribution in [2.24, 2.45) is 5.92 Å². The van der Waals surface area contributed by atoms with E-state index in [9.17, 15) is 14.4 Å². The fraction of sp³-hybridized carbons (Fsp3) is 0.421. The molecule has 0 unspecified atom stereocenters. The largest absolute Gasteiger partial charge is 0.348 e. The lowest BCUT2D eigenvalue weighted by atomic mass is 9.85. The zero-order valence-corrected chi connectivity index (χ0v) is 16.3. The second kappa shape index (κ2) is 8.97. The van der Waals surface area contributed by atoms with Gasteiger partial charge in [-0.05, 0) is 37.8 Å². The highest BCUT2D eigenvalue weighted by Crippen LogP contribution is 2.27. The number of imidazole rings is 1.